The molecule has 0 bridgehead atoms. The Morgan fingerprint density at radius 3 is 2.58 bits per heavy atom. The van der Waals surface area contributed by atoms with Crippen LogP contribution in [0.3, 0.4) is 0 Å². The maximum Gasteiger partial charge on any atom is 0.324 e. The number of nitro groups is 1. The van der Waals surface area contributed by atoms with Gasteiger partial charge in [-0.3, -0.25) is 20.2 Å². The Balaban J connectivity index is 1.68. The van der Waals surface area contributed by atoms with Crippen molar-refractivity contribution in [3.8, 4) is 0 Å². The van der Waals surface area contributed by atoms with Gasteiger partial charge in [0.1, 0.15) is 0 Å². The number of hydrogen-bond donors (Lipinski definition) is 1. The van der Waals surface area contributed by atoms with E-state index < -0.39 is 10.8 Å². The number of aliphatic imine (C=N–C) groups is 1. The molecule has 3 rings (SSSR count). The Kier molecular flexibility index (Phi) is 5.57. The van der Waals surface area contributed by atoms with Crippen LogP contribution in [-0.4, -0.2) is 27.2 Å². The normalized spacial score (nSPS) is 11.0. The smallest absolute Gasteiger partial charge is 0.296 e. The zero-order valence-electron chi connectivity index (χ0n) is 12.6. The Labute approximate surface area is 164 Å². The Morgan fingerprint density at radius 1 is 1.19 bits per heavy atom. The third-order valence-electron chi connectivity index (χ3n) is 2.85. The molecule has 0 aliphatic heterocycles. The molecule has 2 heterocycles. The van der Waals surface area contributed by atoms with Gasteiger partial charge in [-0.05, 0) is 24.3 Å². The Morgan fingerprint density at radius 2 is 1.92 bits per heavy atom. The van der Waals surface area contributed by atoms with Crippen LogP contribution in [0.15, 0.2) is 35.3 Å². The average Bonchev–Trinajstić information content (AvgIpc) is 3.21. The Bertz CT molecular complexity index is 997. The maximum atomic E-state index is 12.2. The molecule has 0 spiro atoms. The summed E-state index contributed by atoms with van der Waals surface area (Å²) in [5.41, 5.74) is 0.286. The Hall–Kier alpha value is -2.40. The number of aromatic nitrogens is 2. The molecule has 0 aliphatic rings. The van der Waals surface area contributed by atoms with Crippen molar-refractivity contribution in [2.24, 2.45) is 4.99 Å². The molecule has 0 atom stereocenters. The number of anilines is 1. The van der Waals surface area contributed by atoms with E-state index in [0.717, 1.165) is 22.7 Å². The third-order valence-corrected chi connectivity index (χ3v) is 5.01. The minimum absolute atomic E-state index is 0.0249. The van der Waals surface area contributed by atoms with E-state index in [4.69, 9.17) is 23.2 Å². The number of rotatable bonds is 5. The zero-order valence-corrected chi connectivity index (χ0v) is 15.7. The van der Waals surface area contributed by atoms with Gasteiger partial charge in [-0.2, -0.15) is 0 Å². The largest absolute Gasteiger partial charge is 0.324 e. The first-order valence-corrected chi connectivity index (χ1v) is 9.19. The summed E-state index contributed by atoms with van der Waals surface area (Å²) >= 11 is 13.8. The lowest BCUT2D eigenvalue weighted by Gasteiger charge is -2.02. The van der Waals surface area contributed by atoms with Crippen molar-refractivity contribution in [3.63, 3.8) is 0 Å². The predicted molar refractivity (Wildman–Crippen MR) is 103 cm³/mol. The maximum absolute atomic E-state index is 12.2. The quantitative estimate of drug-likeness (QED) is 0.356. The first kappa shape index (κ1) is 18.4. The molecule has 12 heteroatoms. The molecular weight excluding hydrogens is 421 g/mol. The van der Waals surface area contributed by atoms with E-state index in [1.54, 1.807) is 6.07 Å². The second kappa shape index (κ2) is 7.87. The molecule has 26 heavy (non-hydrogen) atoms. The van der Waals surface area contributed by atoms with E-state index in [1.807, 2.05) is 0 Å². The summed E-state index contributed by atoms with van der Waals surface area (Å²) < 4.78 is 0. The standard InChI is InChI=1S/C14H7Cl2N5O3S2/c15-8-3-7(4-9(16)5-8)12(22)18-14-20-19-13(26-14)17-6-10-1-2-11(25-10)21(23)24/h1-6H,(H,18,20,22). The van der Waals surface area contributed by atoms with Crippen molar-refractivity contribution in [1.29, 1.82) is 0 Å². The number of thiophene rings is 1. The number of halogens is 2. The summed E-state index contributed by atoms with van der Waals surface area (Å²) in [6.07, 6.45) is 1.44. The molecule has 8 nitrogen and oxygen atoms in total. The number of nitrogens with one attached hydrogen (secondary N) is 1. The van der Waals surface area contributed by atoms with Gasteiger partial charge in [0.2, 0.25) is 10.3 Å². The van der Waals surface area contributed by atoms with Gasteiger partial charge < -0.3 is 0 Å². The molecular formula is C14H7Cl2N5O3S2. The minimum atomic E-state index is -0.470. The number of carbonyl (C=O) groups excluding carboxylic acids is 1. The SMILES string of the molecule is O=C(Nc1nnc(N=Cc2ccc([N+](=O)[O-])s2)s1)c1cc(Cl)cc(Cl)c1. The van der Waals surface area contributed by atoms with Crippen LogP contribution in [0.25, 0.3) is 0 Å². The average molecular weight is 428 g/mol. The van der Waals surface area contributed by atoms with Gasteiger partial charge in [0.25, 0.3) is 5.91 Å². The van der Waals surface area contributed by atoms with Crippen LogP contribution < -0.4 is 5.32 Å². The summed E-state index contributed by atoms with van der Waals surface area (Å²) in [7, 11) is 0. The first-order chi connectivity index (χ1) is 12.4. The molecule has 2 aromatic heterocycles. The molecule has 132 valence electrons. The fourth-order valence-corrected chi connectivity index (χ4v) is 3.61. The second-order valence-electron chi connectivity index (χ2n) is 4.69. The number of carbonyl (C=O) groups is 1. The van der Waals surface area contributed by atoms with E-state index in [1.165, 1.54) is 30.5 Å². The van der Waals surface area contributed by atoms with Crippen molar-refractivity contribution in [2.75, 3.05) is 5.32 Å². The van der Waals surface area contributed by atoms with Crippen LogP contribution in [0.5, 0.6) is 0 Å². The summed E-state index contributed by atoms with van der Waals surface area (Å²) in [6.45, 7) is 0. The van der Waals surface area contributed by atoms with Crippen molar-refractivity contribution < 1.29 is 9.72 Å². The summed E-state index contributed by atoms with van der Waals surface area (Å²) in [5.74, 6) is -0.435. The fourth-order valence-electron chi connectivity index (χ4n) is 1.80. The fraction of sp³-hybridized carbons (Fsp3) is 0. The molecule has 0 radical (unpaired) electrons. The van der Waals surface area contributed by atoms with Gasteiger partial charge in [0.05, 0.1) is 9.80 Å². The van der Waals surface area contributed by atoms with Gasteiger partial charge in [-0.15, -0.1) is 10.2 Å². The number of nitrogens with zero attached hydrogens (tertiary/aromatic N) is 4. The van der Waals surface area contributed by atoms with E-state index in [9.17, 15) is 14.9 Å². The van der Waals surface area contributed by atoms with Crippen LogP contribution in [0, 0.1) is 10.1 Å². The molecule has 1 amide bonds. The molecule has 0 aliphatic carbocycles. The van der Waals surface area contributed by atoms with Crippen molar-refractivity contribution in [1.82, 2.24) is 10.2 Å². The molecule has 0 unspecified atom stereocenters. The van der Waals surface area contributed by atoms with Gasteiger partial charge >= 0.3 is 5.00 Å². The molecule has 1 N–H and O–H groups in total. The van der Waals surface area contributed by atoms with Crippen LogP contribution in [-0.2, 0) is 0 Å². The van der Waals surface area contributed by atoms with Gasteiger partial charge in [-0.1, -0.05) is 45.9 Å². The molecule has 1 aromatic carbocycles. The topological polar surface area (TPSA) is 110 Å². The highest BCUT2D eigenvalue weighted by Crippen LogP contribution is 2.26. The lowest BCUT2D eigenvalue weighted by Crippen LogP contribution is -2.11. The van der Waals surface area contributed by atoms with Crippen molar-refractivity contribution in [3.05, 3.63) is 60.9 Å². The summed E-state index contributed by atoms with van der Waals surface area (Å²) in [4.78, 5) is 27.1. The lowest BCUT2D eigenvalue weighted by molar-refractivity contribution is -0.380. The second-order valence-corrected chi connectivity index (χ2v) is 7.62. The third kappa shape index (κ3) is 4.61. The van der Waals surface area contributed by atoms with E-state index >= 15 is 0 Å². The van der Waals surface area contributed by atoms with Crippen LogP contribution >= 0.6 is 45.9 Å². The molecule has 0 fully saturated rings. The van der Waals surface area contributed by atoms with Gasteiger partial charge in [0.15, 0.2) is 0 Å². The van der Waals surface area contributed by atoms with E-state index in [0.29, 0.717) is 20.1 Å². The van der Waals surface area contributed by atoms with Crippen LogP contribution in [0.1, 0.15) is 15.2 Å². The first-order valence-electron chi connectivity index (χ1n) is 6.80. The summed E-state index contributed by atoms with van der Waals surface area (Å²) in [6, 6.07) is 7.46. The lowest BCUT2D eigenvalue weighted by atomic mass is 10.2. The number of hydrogen-bond acceptors (Lipinski definition) is 8. The molecule has 3 aromatic rings. The zero-order chi connectivity index (χ0) is 18.7. The van der Waals surface area contributed by atoms with Crippen molar-refractivity contribution in [2.45, 2.75) is 0 Å². The highest BCUT2D eigenvalue weighted by atomic mass is 35.5. The number of amides is 1. The van der Waals surface area contributed by atoms with Crippen LogP contribution in [0.4, 0.5) is 15.3 Å². The summed E-state index contributed by atoms with van der Waals surface area (Å²) in [5, 5.41) is 22.1. The molecule has 0 saturated carbocycles. The van der Waals surface area contributed by atoms with E-state index in [-0.39, 0.29) is 15.7 Å². The monoisotopic (exact) mass is 427 g/mol. The number of benzene rings is 1. The highest BCUT2D eigenvalue weighted by molar-refractivity contribution is 7.19. The van der Waals surface area contributed by atoms with Gasteiger partial charge in [-0.25, -0.2) is 4.99 Å². The predicted octanol–water partition coefficient (Wildman–Crippen LogP) is 4.82. The van der Waals surface area contributed by atoms with Gasteiger partial charge in [0, 0.05) is 27.9 Å². The highest BCUT2D eigenvalue weighted by Gasteiger charge is 2.12. The van der Waals surface area contributed by atoms with E-state index in [2.05, 4.69) is 20.5 Å². The van der Waals surface area contributed by atoms with Crippen molar-refractivity contribution >= 4 is 73.3 Å². The minimum Gasteiger partial charge on any atom is -0.296 e. The molecule has 0 saturated heterocycles. The van der Waals surface area contributed by atoms with Crippen LogP contribution in [0.2, 0.25) is 10.0 Å².